The molecule has 0 N–H and O–H groups in total. The first-order chi connectivity index (χ1) is 12.4. The molecule has 3 aliphatic carbocycles. The minimum Gasteiger partial charge on any atom is -0.299 e. The standard InChI is InChI=1S/C24H35NO/c1-22(2)19-10-15-24(13-8-18-25-16-6-7-17-25)12-5-4-9-20(24)23(19,3)14-11-21(22)26/h9,19H,4-7,10-12,14-18H2,1-3H3/t19?,23-,24-/m0/s1. The molecule has 142 valence electrons. The van der Waals surface area contributed by atoms with Gasteiger partial charge in [-0.3, -0.25) is 9.69 Å². The Hall–Kier alpha value is -1.07. The average Bonchev–Trinajstić information content (AvgIpc) is 3.12. The molecule has 4 aliphatic rings. The molecule has 0 aromatic heterocycles. The number of hydrogen-bond acceptors (Lipinski definition) is 2. The van der Waals surface area contributed by atoms with E-state index < -0.39 is 0 Å². The Kier molecular flexibility index (Phi) is 4.59. The van der Waals surface area contributed by atoms with Gasteiger partial charge in [0, 0.05) is 11.8 Å². The minimum atomic E-state index is -0.180. The number of fused-ring (bicyclic) bond motifs is 3. The van der Waals surface area contributed by atoms with Gasteiger partial charge in [0.15, 0.2) is 0 Å². The number of Topliss-reactive ketones (excluding diaryl/α,β-unsaturated/α-hetero) is 1. The summed E-state index contributed by atoms with van der Waals surface area (Å²) >= 11 is 0. The second kappa shape index (κ2) is 6.52. The van der Waals surface area contributed by atoms with Crippen molar-refractivity contribution in [1.82, 2.24) is 4.90 Å². The molecule has 0 aromatic carbocycles. The summed E-state index contributed by atoms with van der Waals surface area (Å²) in [5.74, 6) is 8.37. The summed E-state index contributed by atoms with van der Waals surface area (Å²) in [5.41, 5.74) is 1.69. The first kappa shape index (κ1) is 18.3. The van der Waals surface area contributed by atoms with Crippen LogP contribution in [0, 0.1) is 34.0 Å². The lowest BCUT2D eigenvalue weighted by Gasteiger charge is -2.59. The number of allylic oxidation sites excluding steroid dienone is 2. The van der Waals surface area contributed by atoms with Gasteiger partial charge >= 0.3 is 0 Å². The molecule has 3 atom stereocenters. The molecule has 0 amide bonds. The van der Waals surface area contributed by atoms with Crippen LogP contribution >= 0.6 is 0 Å². The lowest BCUT2D eigenvalue weighted by Crippen LogP contribution is -2.54. The van der Waals surface area contributed by atoms with Crippen molar-refractivity contribution in [3.63, 3.8) is 0 Å². The number of nitrogens with zero attached hydrogens (tertiary/aromatic N) is 1. The van der Waals surface area contributed by atoms with Crippen molar-refractivity contribution in [1.29, 1.82) is 0 Å². The largest absolute Gasteiger partial charge is 0.299 e. The molecule has 1 saturated heterocycles. The summed E-state index contributed by atoms with van der Waals surface area (Å²) in [6, 6.07) is 0. The summed E-state index contributed by atoms with van der Waals surface area (Å²) < 4.78 is 0. The Labute approximate surface area is 159 Å². The molecule has 2 nitrogen and oxygen atoms in total. The molecule has 0 bridgehead atoms. The molecule has 0 radical (unpaired) electrons. The van der Waals surface area contributed by atoms with Crippen LogP contribution in [0.5, 0.6) is 0 Å². The van der Waals surface area contributed by atoms with Crippen molar-refractivity contribution >= 4 is 5.78 Å². The predicted octanol–water partition coefficient (Wildman–Crippen LogP) is 4.99. The molecule has 1 heterocycles. The molecule has 2 heteroatoms. The second-order valence-electron chi connectivity index (χ2n) is 10.0. The Morgan fingerprint density at radius 3 is 2.65 bits per heavy atom. The van der Waals surface area contributed by atoms with Gasteiger partial charge in [0.2, 0.25) is 0 Å². The fourth-order valence-corrected chi connectivity index (χ4v) is 6.73. The molecule has 1 unspecified atom stereocenters. The van der Waals surface area contributed by atoms with E-state index in [0.717, 1.165) is 32.2 Å². The van der Waals surface area contributed by atoms with Gasteiger partial charge in [-0.2, -0.15) is 0 Å². The first-order valence-corrected chi connectivity index (χ1v) is 10.9. The number of hydrogen-bond donors (Lipinski definition) is 0. The lowest BCUT2D eigenvalue weighted by molar-refractivity contribution is -0.141. The van der Waals surface area contributed by atoms with Crippen molar-refractivity contribution in [2.24, 2.45) is 22.2 Å². The normalized spacial score (nSPS) is 39.4. The van der Waals surface area contributed by atoms with Gasteiger partial charge in [-0.1, -0.05) is 38.7 Å². The van der Waals surface area contributed by atoms with E-state index in [0.29, 0.717) is 11.7 Å². The fraction of sp³-hybridized carbons (Fsp3) is 0.792. The highest BCUT2D eigenvalue weighted by Gasteiger charge is 2.59. The minimum absolute atomic E-state index is 0.0969. The Bertz CT molecular complexity index is 672. The zero-order chi connectivity index (χ0) is 18.4. The van der Waals surface area contributed by atoms with Crippen LogP contribution < -0.4 is 0 Å². The Morgan fingerprint density at radius 2 is 1.88 bits per heavy atom. The molecule has 1 aliphatic heterocycles. The van der Waals surface area contributed by atoms with Crippen LogP contribution in [0.15, 0.2) is 11.6 Å². The van der Waals surface area contributed by atoms with Gasteiger partial charge in [0.1, 0.15) is 5.78 Å². The molecule has 0 aromatic rings. The van der Waals surface area contributed by atoms with E-state index in [1.165, 1.54) is 45.2 Å². The van der Waals surface area contributed by atoms with Crippen LogP contribution in [0.25, 0.3) is 0 Å². The third-order valence-electron chi connectivity index (χ3n) is 8.21. The summed E-state index contributed by atoms with van der Waals surface area (Å²) in [6.07, 6.45) is 13.0. The third-order valence-corrected chi connectivity index (χ3v) is 8.21. The van der Waals surface area contributed by atoms with Gasteiger partial charge in [0.25, 0.3) is 0 Å². The Morgan fingerprint density at radius 1 is 1.12 bits per heavy atom. The van der Waals surface area contributed by atoms with E-state index in [4.69, 9.17) is 0 Å². The quantitative estimate of drug-likeness (QED) is 0.489. The van der Waals surface area contributed by atoms with Crippen LogP contribution in [-0.2, 0) is 4.79 Å². The maximum atomic E-state index is 12.6. The number of carbonyl (C=O) groups is 1. The van der Waals surface area contributed by atoms with E-state index in [1.54, 1.807) is 5.57 Å². The maximum absolute atomic E-state index is 12.6. The van der Waals surface area contributed by atoms with Gasteiger partial charge in [-0.15, -0.1) is 0 Å². The highest BCUT2D eigenvalue weighted by molar-refractivity contribution is 5.85. The third kappa shape index (κ3) is 2.78. The van der Waals surface area contributed by atoms with E-state index >= 15 is 0 Å². The number of carbonyl (C=O) groups excluding carboxylic acids is 1. The maximum Gasteiger partial charge on any atom is 0.138 e. The average molecular weight is 354 g/mol. The highest BCUT2D eigenvalue weighted by Crippen LogP contribution is 2.65. The number of likely N-dealkylation sites (tertiary alicyclic amines) is 1. The van der Waals surface area contributed by atoms with Gasteiger partial charge in [-0.25, -0.2) is 0 Å². The van der Waals surface area contributed by atoms with Gasteiger partial charge in [-0.05, 0) is 81.4 Å². The second-order valence-corrected chi connectivity index (χ2v) is 10.0. The molecular formula is C24H35NO. The zero-order valence-electron chi connectivity index (χ0n) is 17.0. The van der Waals surface area contributed by atoms with E-state index in [-0.39, 0.29) is 16.2 Å². The summed E-state index contributed by atoms with van der Waals surface area (Å²) in [7, 11) is 0. The highest BCUT2D eigenvalue weighted by atomic mass is 16.1. The summed E-state index contributed by atoms with van der Waals surface area (Å²) in [5, 5.41) is 0. The summed E-state index contributed by atoms with van der Waals surface area (Å²) in [6.45, 7) is 10.2. The van der Waals surface area contributed by atoms with Crippen molar-refractivity contribution in [3.8, 4) is 11.8 Å². The monoisotopic (exact) mass is 353 g/mol. The zero-order valence-corrected chi connectivity index (χ0v) is 17.0. The van der Waals surface area contributed by atoms with Crippen molar-refractivity contribution in [2.45, 2.75) is 78.6 Å². The first-order valence-electron chi connectivity index (χ1n) is 10.9. The molecule has 3 fully saturated rings. The molecule has 26 heavy (non-hydrogen) atoms. The lowest BCUT2D eigenvalue weighted by atomic mass is 9.44. The van der Waals surface area contributed by atoms with Gasteiger partial charge in [0.05, 0.1) is 12.0 Å². The van der Waals surface area contributed by atoms with Crippen LogP contribution in [-0.4, -0.2) is 30.3 Å². The Balaban J connectivity index is 1.65. The molecule has 2 saturated carbocycles. The fourth-order valence-electron chi connectivity index (χ4n) is 6.73. The van der Waals surface area contributed by atoms with Crippen molar-refractivity contribution in [3.05, 3.63) is 11.6 Å². The van der Waals surface area contributed by atoms with Crippen LogP contribution in [0.1, 0.15) is 78.6 Å². The number of ketones is 1. The van der Waals surface area contributed by atoms with E-state index in [9.17, 15) is 4.79 Å². The predicted molar refractivity (Wildman–Crippen MR) is 107 cm³/mol. The van der Waals surface area contributed by atoms with Crippen LogP contribution in [0.2, 0.25) is 0 Å². The molecule has 4 rings (SSSR count). The van der Waals surface area contributed by atoms with Crippen molar-refractivity contribution < 1.29 is 4.79 Å². The summed E-state index contributed by atoms with van der Waals surface area (Å²) in [4.78, 5) is 15.1. The van der Waals surface area contributed by atoms with Crippen molar-refractivity contribution in [2.75, 3.05) is 19.6 Å². The number of rotatable bonds is 1. The van der Waals surface area contributed by atoms with Crippen LogP contribution in [0.4, 0.5) is 0 Å². The smallest absolute Gasteiger partial charge is 0.138 e. The topological polar surface area (TPSA) is 20.3 Å². The SMILES string of the molecule is CC1(C)C(=O)CC[C@]2(C)C3=CCCC[C@]3(C#CCN3CCCC3)CCC12. The van der Waals surface area contributed by atoms with E-state index in [1.807, 2.05) is 0 Å². The molecule has 0 spiro atoms. The van der Waals surface area contributed by atoms with Gasteiger partial charge < -0.3 is 0 Å². The van der Waals surface area contributed by atoms with E-state index in [2.05, 4.69) is 43.6 Å². The van der Waals surface area contributed by atoms with Crippen LogP contribution in [0.3, 0.4) is 0 Å². The molecular weight excluding hydrogens is 318 g/mol.